The van der Waals surface area contributed by atoms with Crippen LogP contribution in [0, 0.1) is 0 Å². The topological polar surface area (TPSA) is 22.1 Å². The average molecular weight is 321 g/mol. The van der Waals surface area contributed by atoms with E-state index in [2.05, 4.69) is 4.98 Å². The molecule has 0 saturated carbocycles. The number of pyridine rings is 1. The van der Waals surface area contributed by atoms with Crippen LogP contribution >= 0.6 is 46.6 Å². The fourth-order valence-corrected chi connectivity index (χ4v) is 2.87. The van der Waals surface area contributed by atoms with Crippen LogP contribution in [0.4, 0.5) is 0 Å². The lowest BCUT2D eigenvalue weighted by Crippen LogP contribution is -1.88. The minimum atomic E-state index is 0.235. The second kappa shape index (κ2) is 6.02. The van der Waals surface area contributed by atoms with Crippen LogP contribution in [0.1, 0.15) is 0 Å². The summed E-state index contributed by atoms with van der Waals surface area (Å²) in [6.07, 6.45) is 0. The van der Waals surface area contributed by atoms with Crippen molar-refractivity contribution < 1.29 is 4.74 Å². The van der Waals surface area contributed by atoms with Gasteiger partial charge >= 0.3 is 0 Å². The first-order chi connectivity index (χ1) is 8.61. The number of halogens is 3. The van der Waals surface area contributed by atoms with Crippen molar-refractivity contribution in [1.29, 1.82) is 0 Å². The van der Waals surface area contributed by atoms with Crippen LogP contribution in [-0.4, -0.2) is 12.1 Å². The van der Waals surface area contributed by atoms with Gasteiger partial charge in [0, 0.05) is 0 Å². The smallest absolute Gasteiger partial charge is 0.149 e. The number of hydrogen-bond donors (Lipinski definition) is 0. The Morgan fingerprint density at radius 3 is 2.56 bits per heavy atom. The molecule has 0 fully saturated rings. The van der Waals surface area contributed by atoms with Gasteiger partial charge in [0.25, 0.3) is 0 Å². The molecule has 0 aliphatic rings. The van der Waals surface area contributed by atoms with Crippen molar-refractivity contribution in [1.82, 2.24) is 4.98 Å². The molecule has 0 N–H and O–H groups in total. The third-order valence-corrected chi connectivity index (χ3v) is 4.27. The van der Waals surface area contributed by atoms with Crippen LogP contribution in [0.15, 0.2) is 40.3 Å². The molecule has 0 bridgehead atoms. The molecule has 0 saturated heterocycles. The van der Waals surface area contributed by atoms with Gasteiger partial charge in [-0.3, -0.25) is 0 Å². The monoisotopic (exact) mass is 319 g/mol. The quantitative estimate of drug-likeness (QED) is 0.726. The molecule has 0 amide bonds. The minimum absolute atomic E-state index is 0.235. The summed E-state index contributed by atoms with van der Waals surface area (Å²) in [5, 5.41) is 1.63. The summed E-state index contributed by atoms with van der Waals surface area (Å²) in [6.45, 7) is 0. The Hall–Kier alpha value is -0.610. The Balaban J connectivity index is 2.37. The van der Waals surface area contributed by atoms with Crippen LogP contribution in [-0.2, 0) is 0 Å². The molecule has 1 aromatic heterocycles. The van der Waals surface area contributed by atoms with Gasteiger partial charge in [-0.1, -0.05) is 58.7 Å². The lowest BCUT2D eigenvalue weighted by molar-refractivity contribution is 0.405. The number of benzene rings is 1. The zero-order valence-electron chi connectivity index (χ0n) is 9.28. The van der Waals surface area contributed by atoms with Crippen LogP contribution in [0.25, 0.3) is 0 Å². The number of hydrogen-bond acceptors (Lipinski definition) is 3. The van der Waals surface area contributed by atoms with E-state index in [0.717, 1.165) is 10.6 Å². The maximum absolute atomic E-state index is 6.08. The number of para-hydroxylation sites is 1. The Kier molecular flexibility index (Phi) is 4.62. The van der Waals surface area contributed by atoms with Crippen molar-refractivity contribution in [3.05, 3.63) is 45.5 Å². The summed E-state index contributed by atoms with van der Waals surface area (Å²) in [4.78, 5) is 5.06. The van der Waals surface area contributed by atoms with Crippen molar-refractivity contribution in [2.75, 3.05) is 7.11 Å². The Labute approximate surface area is 124 Å². The van der Waals surface area contributed by atoms with Crippen LogP contribution in [0.3, 0.4) is 0 Å². The van der Waals surface area contributed by atoms with E-state index in [1.807, 2.05) is 24.3 Å². The average Bonchev–Trinajstić information content (AvgIpc) is 2.36. The summed E-state index contributed by atoms with van der Waals surface area (Å²) in [6, 6.07) is 9.18. The maximum atomic E-state index is 6.08. The molecular weight excluding hydrogens is 313 g/mol. The second-order valence-electron chi connectivity index (χ2n) is 3.30. The second-order valence-corrected chi connectivity index (χ2v) is 5.50. The van der Waals surface area contributed by atoms with Gasteiger partial charge in [-0.15, -0.1) is 0 Å². The Morgan fingerprint density at radius 1 is 1.11 bits per heavy atom. The molecule has 1 aromatic carbocycles. The fourth-order valence-electron chi connectivity index (χ4n) is 1.31. The molecule has 0 atom stereocenters. The highest BCUT2D eigenvalue weighted by atomic mass is 35.5. The normalized spacial score (nSPS) is 10.4. The lowest BCUT2D eigenvalue weighted by atomic mass is 10.3. The van der Waals surface area contributed by atoms with Gasteiger partial charge in [0.2, 0.25) is 0 Å². The van der Waals surface area contributed by atoms with E-state index in [1.54, 1.807) is 13.2 Å². The van der Waals surface area contributed by atoms with Crippen molar-refractivity contribution in [3.8, 4) is 5.75 Å². The molecule has 1 heterocycles. The van der Waals surface area contributed by atoms with Gasteiger partial charge in [0.1, 0.15) is 15.9 Å². The van der Waals surface area contributed by atoms with Crippen LogP contribution in [0.5, 0.6) is 5.75 Å². The predicted octanol–water partition coefficient (Wildman–Crippen LogP) is 5.20. The minimum Gasteiger partial charge on any atom is -0.496 e. The summed E-state index contributed by atoms with van der Waals surface area (Å²) < 4.78 is 5.26. The van der Waals surface area contributed by atoms with Crippen molar-refractivity contribution in [3.63, 3.8) is 0 Å². The molecular formula is C12H8Cl3NOS. The fraction of sp³-hybridized carbons (Fsp3) is 0.0833. The lowest BCUT2D eigenvalue weighted by Gasteiger charge is -2.08. The van der Waals surface area contributed by atoms with Gasteiger partial charge in [-0.05, 0) is 18.2 Å². The SMILES string of the molecule is COc1ccccc1Sc1nc(Cl)c(Cl)cc1Cl. The molecule has 2 aromatic rings. The first kappa shape index (κ1) is 13.8. The first-order valence-corrected chi connectivity index (χ1v) is 6.89. The largest absolute Gasteiger partial charge is 0.496 e. The molecule has 6 heteroatoms. The van der Waals surface area contributed by atoms with Crippen molar-refractivity contribution >= 4 is 46.6 Å². The van der Waals surface area contributed by atoms with Gasteiger partial charge in [-0.25, -0.2) is 4.98 Å². The number of aromatic nitrogens is 1. The zero-order chi connectivity index (χ0) is 13.1. The van der Waals surface area contributed by atoms with Crippen LogP contribution in [0.2, 0.25) is 15.2 Å². The summed E-state index contributed by atoms with van der Waals surface area (Å²) in [5.74, 6) is 0.756. The van der Waals surface area contributed by atoms with E-state index in [4.69, 9.17) is 39.5 Å². The number of rotatable bonds is 3. The summed E-state index contributed by atoms with van der Waals surface area (Å²) >= 11 is 19.2. The Morgan fingerprint density at radius 2 is 1.83 bits per heavy atom. The van der Waals surface area contributed by atoms with Gasteiger partial charge < -0.3 is 4.74 Å². The highest BCUT2D eigenvalue weighted by Crippen LogP contribution is 2.39. The molecule has 0 radical (unpaired) electrons. The van der Waals surface area contributed by atoms with Crippen molar-refractivity contribution in [2.24, 2.45) is 0 Å². The van der Waals surface area contributed by atoms with Crippen LogP contribution < -0.4 is 4.74 Å². The number of methoxy groups -OCH3 is 1. The maximum Gasteiger partial charge on any atom is 0.149 e. The third kappa shape index (κ3) is 3.04. The summed E-state index contributed by atoms with van der Waals surface area (Å²) in [7, 11) is 1.61. The van der Waals surface area contributed by atoms with E-state index in [9.17, 15) is 0 Å². The highest BCUT2D eigenvalue weighted by molar-refractivity contribution is 7.99. The number of nitrogens with zero attached hydrogens (tertiary/aromatic N) is 1. The molecule has 0 unspecified atom stereocenters. The molecule has 94 valence electrons. The predicted molar refractivity (Wildman–Crippen MR) is 76.4 cm³/mol. The first-order valence-electron chi connectivity index (χ1n) is 4.94. The number of ether oxygens (including phenoxy) is 1. The molecule has 18 heavy (non-hydrogen) atoms. The van der Waals surface area contributed by atoms with Gasteiger partial charge in [0.05, 0.1) is 22.1 Å². The van der Waals surface area contributed by atoms with Gasteiger partial charge in [-0.2, -0.15) is 0 Å². The van der Waals surface area contributed by atoms with E-state index < -0.39 is 0 Å². The molecule has 0 aliphatic heterocycles. The molecule has 2 nitrogen and oxygen atoms in total. The van der Waals surface area contributed by atoms with E-state index in [1.165, 1.54) is 11.8 Å². The van der Waals surface area contributed by atoms with Gasteiger partial charge in [0.15, 0.2) is 0 Å². The highest BCUT2D eigenvalue weighted by Gasteiger charge is 2.11. The summed E-state index contributed by atoms with van der Waals surface area (Å²) in [5.41, 5.74) is 0. The van der Waals surface area contributed by atoms with E-state index >= 15 is 0 Å². The standard InChI is InChI=1S/C12H8Cl3NOS/c1-17-9-4-2-3-5-10(9)18-12-8(14)6-7(13)11(15)16-12/h2-6H,1H3. The zero-order valence-corrected chi connectivity index (χ0v) is 12.4. The molecule has 0 aliphatic carbocycles. The molecule has 2 rings (SSSR count). The van der Waals surface area contributed by atoms with E-state index in [0.29, 0.717) is 15.1 Å². The van der Waals surface area contributed by atoms with Crippen molar-refractivity contribution in [2.45, 2.75) is 9.92 Å². The Bertz CT molecular complexity index is 577. The third-order valence-electron chi connectivity index (χ3n) is 2.13. The molecule has 0 spiro atoms. The van der Waals surface area contributed by atoms with E-state index in [-0.39, 0.29) is 5.15 Å².